The molecule has 0 aliphatic rings. The number of nitrogens with zero attached hydrogens (tertiary/aromatic N) is 1. The van der Waals surface area contributed by atoms with Crippen molar-refractivity contribution in [3.63, 3.8) is 0 Å². The number of primary amides is 1. The van der Waals surface area contributed by atoms with Crippen LogP contribution in [0.5, 0.6) is 0 Å². The molecule has 80 valence electrons. The SMILES string of the molecule is NC(=O)c1cc(CC[N+](=O)[O-])ccc1Cl. The minimum absolute atomic E-state index is 0.181. The van der Waals surface area contributed by atoms with Gasteiger partial charge >= 0.3 is 0 Å². The van der Waals surface area contributed by atoms with E-state index in [1.54, 1.807) is 6.07 Å². The number of hydrogen-bond donors (Lipinski definition) is 1. The average molecular weight is 229 g/mol. The Balaban J connectivity index is 2.87. The van der Waals surface area contributed by atoms with Crippen molar-refractivity contribution in [2.75, 3.05) is 6.54 Å². The van der Waals surface area contributed by atoms with Crippen LogP contribution in [0, 0.1) is 10.1 Å². The Morgan fingerprint density at radius 2 is 2.20 bits per heavy atom. The van der Waals surface area contributed by atoms with Gasteiger partial charge in [-0.25, -0.2) is 0 Å². The maximum atomic E-state index is 10.9. The van der Waals surface area contributed by atoms with Gasteiger partial charge in [0.1, 0.15) is 0 Å². The standard InChI is InChI=1S/C9H9ClN2O3/c10-8-2-1-6(3-4-12(14)15)5-7(8)9(11)13/h1-2,5H,3-4H2,(H2,11,13). The molecular formula is C9H9ClN2O3. The van der Waals surface area contributed by atoms with E-state index in [2.05, 4.69) is 0 Å². The molecule has 2 N–H and O–H groups in total. The average Bonchev–Trinajstić information content (AvgIpc) is 2.16. The van der Waals surface area contributed by atoms with Crippen LogP contribution >= 0.6 is 11.6 Å². The second-order valence-electron chi connectivity index (χ2n) is 2.98. The normalized spacial score (nSPS) is 9.93. The first-order chi connectivity index (χ1) is 7.00. The molecule has 0 unspecified atom stereocenters. The van der Waals surface area contributed by atoms with Crippen LogP contribution in [0.2, 0.25) is 5.02 Å². The number of nitro groups is 1. The number of nitrogens with two attached hydrogens (primary N) is 1. The largest absolute Gasteiger partial charge is 0.366 e. The first-order valence-electron chi connectivity index (χ1n) is 4.20. The van der Waals surface area contributed by atoms with E-state index in [0.29, 0.717) is 5.56 Å². The summed E-state index contributed by atoms with van der Waals surface area (Å²) in [6.07, 6.45) is 0.254. The summed E-state index contributed by atoms with van der Waals surface area (Å²) < 4.78 is 0. The molecular weight excluding hydrogens is 220 g/mol. The van der Waals surface area contributed by atoms with E-state index in [1.165, 1.54) is 12.1 Å². The molecule has 0 atom stereocenters. The van der Waals surface area contributed by atoms with Gasteiger partial charge in [-0.05, 0) is 17.7 Å². The zero-order valence-electron chi connectivity index (χ0n) is 7.77. The van der Waals surface area contributed by atoms with Crippen molar-refractivity contribution in [1.82, 2.24) is 0 Å². The van der Waals surface area contributed by atoms with E-state index in [-0.39, 0.29) is 23.6 Å². The molecule has 1 rings (SSSR count). The van der Waals surface area contributed by atoms with Gasteiger partial charge in [0.05, 0.1) is 10.6 Å². The third-order valence-electron chi connectivity index (χ3n) is 1.88. The molecule has 0 spiro atoms. The smallest absolute Gasteiger partial charge is 0.250 e. The van der Waals surface area contributed by atoms with Gasteiger partial charge < -0.3 is 5.73 Å². The molecule has 0 saturated heterocycles. The Morgan fingerprint density at radius 1 is 1.53 bits per heavy atom. The van der Waals surface area contributed by atoms with Crippen LogP contribution in [-0.4, -0.2) is 17.4 Å². The van der Waals surface area contributed by atoms with E-state index in [0.717, 1.165) is 0 Å². The fourth-order valence-corrected chi connectivity index (χ4v) is 1.35. The van der Waals surface area contributed by atoms with E-state index < -0.39 is 10.8 Å². The first-order valence-corrected chi connectivity index (χ1v) is 4.58. The summed E-state index contributed by atoms with van der Waals surface area (Å²) in [6, 6.07) is 4.63. The van der Waals surface area contributed by atoms with Crippen molar-refractivity contribution < 1.29 is 9.72 Å². The fourth-order valence-electron chi connectivity index (χ4n) is 1.14. The zero-order valence-corrected chi connectivity index (χ0v) is 8.53. The van der Waals surface area contributed by atoms with E-state index >= 15 is 0 Å². The molecule has 0 saturated carbocycles. The highest BCUT2D eigenvalue weighted by Gasteiger charge is 2.08. The van der Waals surface area contributed by atoms with Crippen LogP contribution in [-0.2, 0) is 6.42 Å². The summed E-state index contributed by atoms with van der Waals surface area (Å²) in [5.74, 6) is -0.636. The minimum atomic E-state index is -0.636. The molecule has 0 radical (unpaired) electrons. The molecule has 5 nitrogen and oxygen atoms in total. The fraction of sp³-hybridized carbons (Fsp3) is 0.222. The summed E-state index contributed by atoms with van der Waals surface area (Å²) >= 11 is 5.72. The van der Waals surface area contributed by atoms with Crippen molar-refractivity contribution >= 4 is 17.5 Å². The van der Waals surface area contributed by atoms with E-state index in [1.807, 2.05) is 0 Å². The quantitative estimate of drug-likeness (QED) is 0.622. The molecule has 1 amide bonds. The second-order valence-corrected chi connectivity index (χ2v) is 3.39. The van der Waals surface area contributed by atoms with Gasteiger partial charge in [-0.1, -0.05) is 17.7 Å². The molecule has 0 heterocycles. The van der Waals surface area contributed by atoms with Gasteiger partial charge in [-0.3, -0.25) is 14.9 Å². The predicted molar refractivity (Wildman–Crippen MR) is 55.5 cm³/mol. The molecule has 0 aromatic heterocycles. The number of hydrogen-bond acceptors (Lipinski definition) is 3. The third-order valence-corrected chi connectivity index (χ3v) is 2.21. The van der Waals surface area contributed by atoms with Crippen LogP contribution in [0.15, 0.2) is 18.2 Å². The molecule has 1 aromatic carbocycles. The molecule has 0 bridgehead atoms. The van der Waals surface area contributed by atoms with Gasteiger partial charge in [-0.15, -0.1) is 0 Å². The number of halogens is 1. The van der Waals surface area contributed by atoms with Crippen LogP contribution in [0.3, 0.4) is 0 Å². The van der Waals surface area contributed by atoms with Gasteiger partial charge in [0.2, 0.25) is 12.5 Å². The highest BCUT2D eigenvalue weighted by molar-refractivity contribution is 6.33. The van der Waals surface area contributed by atoms with Crippen LogP contribution < -0.4 is 5.73 Å². The highest BCUT2D eigenvalue weighted by Crippen LogP contribution is 2.17. The van der Waals surface area contributed by atoms with Crippen LogP contribution in [0.4, 0.5) is 0 Å². The lowest BCUT2D eigenvalue weighted by atomic mass is 10.1. The third kappa shape index (κ3) is 3.21. The summed E-state index contributed by atoms with van der Waals surface area (Å²) in [7, 11) is 0. The number of rotatable bonds is 4. The lowest BCUT2D eigenvalue weighted by Crippen LogP contribution is -2.12. The van der Waals surface area contributed by atoms with Crippen molar-refractivity contribution in [1.29, 1.82) is 0 Å². The summed E-state index contributed by atoms with van der Waals surface area (Å²) in [5.41, 5.74) is 5.95. The summed E-state index contributed by atoms with van der Waals surface area (Å²) in [6.45, 7) is -0.181. The number of carbonyl (C=O) groups excluding carboxylic acids is 1. The van der Waals surface area contributed by atoms with Gasteiger partial charge in [0.15, 0.2) is 0 Å². The van der Waals surface area contributed by atoms with Crippen molar-refractivity contribution in [2.24, 2.45) is 5.73 Å². The van der Waals surface area contributed by atoms with Crippen molar-refractivity contribution in [3.05, 3.63) is 44.5 Å². The lowest BCUT2D eigenvalue weighted by Gasteiger charge is -2.02. The number of benzene rings is 1. The molecule has 15 heavy (non-hydrogen) atoms. The summed E-state index contributed by atoms with van der Waals surface area (Å²) in [4.78, 5) is 20.6. The molecule has 0 aliphatic heterocycles. The maximum absolute atomic E-state index is 10.9. The van der Waals surface area contributed by atoms with Gasteiger partial charge in [0, 0.05) is 11.3 Å². The van der Waals surface area contributed by atoms with Gasteiger partial charge in [0.25, 0.3) is 0 Å². The first kappa shape index (κ1) is 11.5. The number of carbonyl (C=O) groups is 1. The van der Waals surface area contributed by atoms with Gasteiger partial charge in [-0.2, -0.15) is 0 Å². The maximum Gasteiger partial charge on any atom is 0.250 e. The second kappa shape index (κ2) is 4.75. The monoisotopic (exact) mass is 228 g/mol. The van der Waals surface area contributed by atoms with E-state index in [9.17, 15) is 14.9 Å². The molecule has 0 aliphatic carbocycles. The minimum Gasteiger partial charge on any atom is -0.366 e. The number of amides is 1. The Hall–Kier alpha value is -1.62. The molecule has 1 aromatic rings. The Kier molecular flexibility index (Phi) is 3.62. The van der Waals surface area contributed by atoms with E-state index in [4.69, 9.17) is 17.3 Å². The van der Waals surface area contributed by atoms with Crippen LogP contribution in [0.1, 0.15) is 15.9 Å². The van der Waals surface area contributed by atoms with Crippen LogP contribution in [0.25, 0.3) is 0 Å². The predicted octanol–water partition coefficient (Wildman–Crippen LogP) is 1.26. The molecule has 6 heteroatoms. The Bertz CT molecular complexity index is 406. The highest BCUT2D eigenvalue weighted by atomic mass is 35.5. The Morgan fingerprint density at radius 3 is 2.73 bits per heavy atom. The Labute approximate surface area is 91.0 Å². The van der Waals surface area contributed by atoms with Crippen molar-refractivity contribution in [2.45, 2.75) is 6.42 Å². The lowest BCUT2D eigenvalue weighted by molar-refractivity contribution is -0.479. The zero-order chi connectivity index (χ0) is 11.4. The van der Waals surface area contributed by atoms with Crippen molar-refractivity contribution in [3.8, 4) is 0 Å². The molecule has 0 fully saturated rings. The summed E-state index contributed by atoms with van der Waals surface area (Å²) in [5, 5.41) is 10.4. The topological polar surface area (TPSA) is 86.2 Å².